The van der Waals surface area contributed by atoms with Crippen LogP contribution in [0.5, 0.6) is 0 Å². The summed E-state index contributed by atoms with van der Waals surface area (Å²) in [4.78, 5) is 11.2. The van der Waals surface area contributed by atoms with Gasteiger partial charge in [-0.3, -0.25) is 4.79 Å². The Hall–Kier alpha value is -0.530. The Morgan fingerprint density at radius 3 is 2.31 bits per heavy atom. The summed E-state index contributed by atoms with van der Waals surface area (Å²) in [6.45, 7) is 9.41. The maximum Gasteiger partial charge on any atom is 0.306 e. The second-order valence-corrected chi connectivity index (χ2v) is 4.25. The minimum absolute atomic E-state index is 0.0865. The Balaban J connectivity index is 3.41. The molecule has 0 atom stereocenters. The third-order valence-electron chi connectivity index (χ3n) is 1.55. The van der Waals surface area contributed by atoms with Crippen LogP contribution in [0.2, 0.25) is 0 Å². The summed E-state index contributed by atoms with van der Waals surface area (Å²) in [5, 5.41) is 0. The molecule has 77 valence electrons. The van der Waals surface area contributed by atoms with E-state index in [1.165, 1.54) is 0 Å². The molecule has 0 N–H and O–H groups in total. The largest absolute Gasteiger partial charge is 0.460 e. The highest BCUT2D eigenvalue weighted by atomic mass is 16.6. The Morgan fingerprint density at radius 2 is 1.85 bits per heavy atom. The first-order valence-electron chi connectivity index (χ1n) is 4.97. The summed E-state index contributed by atoms with van der Waals surface area (Å²) >= 11 is 0. The standard InChI is InChI=1S/C11H21O2/c1-5-6-7-8-9-10(12)13-11(2,3)4/h1,5-9H2,2-4H3. The molecule has 0 aromatic carbocycles. The third kappa shape index (κ3) is 9.38. The second kappa shape index (κ2) is 6.01. The van der Waals surface area contributed by atoms with E-state index in [1.54, 1.807) is 0 Å². The number of hydrogen-bond donors (Lipinski definition) is 0. The van der Waals surface area contributed by atoms with Crippen LogP contribution < -0.4 is 0 Å². The molecule has 13 heavy (non-hydrogen) atoms. The Bertz CT molecular complexity index is 145. The Kier molecular flexibility index (Phi) is 5.76. The van der Waals surface area contributed by atoms with E-state index in [4.69, 9.17) is 4.74 Å². The van der Waals surface area contributed by atoms with Crippen LogP contribution in [-0.4, -0.2) is 11.6 Å². The van der Waals surface area contributed by atoms with Gasteiger partial charge in [0.2, 0.25) is 0 Å². The normalized spacial score (nSPS) is 11.4. The van der Waals surface area contributed by atoms with Crippen molar-refractivity contribution in [2.75, 3.05) is 0 Å². The van der Waals surface area contributed by atoms with Gasteiger partial charge < -0.3 is 4.74 Å². The molecule has 0 rings (SSSR count). The molecule has 0 amide bonds. The van der Waals surface area contributed by atoms with Gasteiger partial charge in [0.15, 0.2) is 0 Å². The minimum atomic E-state index is -0.344. The summed E-state index contributed by atoms with van der Waals surface area (Å²) in [6, 6.07) is 0. The average Bonchev–Trinajstić information content (AvgIpc) is 1.94. The van der Waals surface area contributed by atoms with E-state index in [1.807, 2.05) is 20.8 Å². The van der Waals surface area contributed by atoms with Crippen LogP contribution in [0.3, 0.4) is 0 Å². The first kappa shape index (κ1) is 12.5. The number of hydrogen-bond acceptors (Lipinski definition) is 2. The van der Waals surface area contributed by atoms with E-state index in [0.29, 0.717) is 6.42 Å². The minimum Gasteiger partial charge on any atom is -0.460 e. The lowest BCUT2D eigenvalue weighted by molar-refractivity contribution is -0.154. The van der Waals surface area contributed by atoms with Gasteiger partial charge in [0.25, 0.3) is 0 Å². The number of carbonyl (C=O) groups is 1. The molecule has 0 heterocycles. The fraction of sp³-hybridized carbons (Fsp3) is 0.818. The van der Waals surface area contributed by atoms with E-state index >= 15 is 0 Å². The molecule has 0 saturated heterocycles. The molecule has 0 aromatic heterocycles. The molecule has 0 bridgehead atoms. The van der Waals surface area contributed by atoms with Crippen molar-refractivity contribution >= 4 is 5.97 Å². The van der Waals surface area contributed by atoms with E-state index in [0.717, 1.165) is 25.7 Å². The van der Waals surface area contributed by atoms with E-state index in [2.05, 4.69) is 6.92 Å². The van der Waals surface area contributed by atoms with Gasteiger partial charge in [-0.25, -0.2) is 0 Å². The quantitative estimate of drug-likeness (QED) is 0.486. The van der Waals surface area contributed by atoms with Gasteiger partial charge in [0.05, 0.1) is 0 Å². The molecule has 0 saturated carbocycles. The highest BCUT2D eigenvalue weighted by Crippen LogP contribution is 2.10. The molecule has 0 aliphatic carbocycles. The van der Waals surface area contributed by atoms with Gasteiger partial charge in [0.1, 0.15) is 5.60 Å². The summed E-state index contributed by atoms with van der Waals surface area (Å²) in [5.74, 6) is -0.0865. The average molecular weight is 185 g/mol. The molecule has 2 heteroatoms. The number of carbonyl (C=O) groups excluding carboxylic acids is 1. The van der Waals surface area contributed by atoms with Crippen LogP contribution in [0.25, 0.3) is 0 Å². The molecule has 0 aliphatic rings. The van der Waals surface area contributed by atoms with E-state index < -0.39 is 0 Å². The van der Waals surface area contributed by atoms with Crippen molar-refractivity contribution in [3.8, 4) is 0 Å². The van der Waals surface area contributed by atoms with Crippen LogP contribution in [-0.2, 0) is 9.53 Å². The Morgan fingerprint density at radius 1 is 1.23 bits per heavy atom. The van der Waals surface area contributed by atoms with Crippen LogP contribution in [0.1, 0.15) is 52.9 Å². The maximum atomic E-state index is 11.2. The van der Waals surface area contributed by atoms with Gasteiger partial charge in [0, 0.05) is 6.42 Å². The van der Waals surface area contributed by atoms with Gasteiger partial charge in [-0.2, -0.15) is 0 Å². The predicted molar refractivity (Wildman–Crippen MR) is 54.3 cm³/mol. The highest BCUT2D eigenvalue weighted by molar-refractivity contribution is 5.69. The van der Waals surface area contributed by atoms with Crippen LogP contribution in [0.15, 0.2) is 0 Å². The number of unbranched alkanes of at least 4 members (excludes halogenated alkanes) is 3. The monoisotopic (exact) mass is 185 g/mol. The SMILES string of the molecule is [CH2]CCCCCC(=O)OC(C)(C)C. The first-order chi connectivity index (χ1) is 5.95. The summed E-state index contributed by atoms with van der Waals surface area (Å²) in [6.07, 6.45) is 4.58. The van der Waals surface area contributed by atoms with Crippen molar-refractivity contribution in [1.29, 1.82) is 0 Å². The lowest BCUT2D eigenvalue weighted by Gasteiger charge is -2.19. The molecule has 0 unspecified atom stereocenters. The lowest BCUT2D eigenvalue weighted by Crippen LogP contribution is -2.23. The van der Waals surface area contributed by atoms with Crippen LogP contribution in [0, 0.1) is 6.92 Å². The summed E-state index contributed by atoms with van der Waals surface area (Å²) in [7, 11) is 0. The highest BCUT2D eigenvalue weighted by Gasteiger charge is 2.15. The zero-order valence-corrected chi connectivity index (χ0v) is 9.06. The topological polar surface area (TPSA) is 26.3 Å². The zero-order chi connectivity index (χ0) is 10.3. The van der Waals surface area contributed by atoms with Gasteiger partial charge in [-0.15, -0.1) is 0 Å². The van der Waals surface area contributed by atoms with Gasteiger partial charge >= 0.3 is 5.97 Å². The van der Waals surface area contributed by atoms with Gasteiger partial charge in [-0.05, 0) is 27.2 Å². The number of ether oxygens (including phenoxy) is 1. The zero-order valence-electron chi connectivity index (χ0n) is 9.06. The molecule has 0 spiro atoms. The van der Waals surface area contributed by atoms with Crippen molar-refractivity contribution in [3.63, 3.8) is 0 Å². The molecular weight excluding hydrogens is 164 g/mol. The van der Waals surface area contributed by atoms with Crippen LogP contribution in [0.4, 0.5) is 0 Å². The van der Waals surface area contributed by atoms with Gasteiger partial charge in [-0.1, -0.05) is 26.2 Å². The first-order valence-corrected chi connectivity index (χ1v) is 4.97. The maximum absolute atomic E-state index is 11.2. The summed E-state index contributed by atoms with van der Waals surface area (Å²) in [5.41, 5.74) is -0.344. The van der Waals surface area contributed by atoms with E-state index in [9.17, 15) is 4.79 Å². The van der Waals surface area contributed by atoms with Crippen molar-refractivity contribution < 1.29 is 9.53 Å². The lowest BCUT2D eigenvalue weighted by atomic mass is 10.1. The second-order valence-electron chi connectivity index (χ2n) is 4.25. The van der Waals surface area contributed by atoms with Crippen molar-refractivity contribution in [2.24, 2.45) is 0 Å². The fourth-order valence-corrected chi connectivity index (χ4v) is 1.02. The molecule has 1 radical (unpaired) electrons. The smallest absolute Gasteiger partial charge is 0.306 e. The number of rotatable bonds is 5. The molecule has 0 aliphatic heterocycles. The van der Waals surface area contributed by atoms with Crippen molar-refractivity contribution in [2.45, 2.75) is 58.5 Å². The number of esters is 1. The molecular formula is C11H21O2. The molecule has 2 nitrogen and oxygen atoms in total. The molecule has 0 fully saturated rings. The third-order valence-corrected chi connectivity index (χ3v) is 1.55. The Labute approximate surface area is 81.7 Å². The van der Waals surface area contributed by atoms with Crippen molar-refractivity contribution in [1.82, 2.24) is 0 Å². The predicted octanol–water partition coefficient (Wildman–Crippen LogP) is 3.11. The molecule has 0 aromatic rings. The van der Waals surface area contributed by atoms with E-state index in [-0.39, 0.29) is 11.6 Å². The van der Waals surface area contributed by atoms with Crippen LogP contribution >= 0.6 is 0 Å². The fourth-order valence-electron chi connectivity index (χ4n) is 1.02. The van der Waals surface area contributed by atoms with Crippen molar-refractivity contribution in [3.05, 3.63) is 6.92 Å². The summed E-state index contributed by atoms with van der Waals surface area (Å²) < 4.78 is 5.16.